The Bertz CT molecular complexity index is 2100. The second-order valence-corrected chi connectivity index (χ2v) is 12.1. The number of allylic oxidation sites excluding steroid dienone is 1. The molecule has 1 aliphatic heterocycles. The van der Waals surface area contributed by atoms with E-state index in [9.17, 15) is 9.18 Å². The monoisotopic (exact) mass is 595 g/mol. The minimum Gasteiger partial charge on any atom is -0.497 e. The summed E-state index contributed by atoms with van der Waals surface area (Å²) in [5.74, 6) is 0.313. The molecule has 0 unspecified atom stereocenters. The van der Waals surface area contributed by atoms with Crippen LogP contribution in [0.5, 0.6) is 5.75 Å². The third kappa shape index (κ3) is 4.27. The summed E-state index contributed by atoms with van der Waals surface area (Å²) in [6.07, 6.45) is 3.67. The van der Waals surface area contributed by atoms with Gasteiger partial charge in [0.2, 0.25) is 0 Å². The lowest BCUT2D eigenvalue weighted by molar-refractivity contribution is 0.414. The molecule has 2 aliphatic rings. The highest BCUT2D eigenvalue weighted by atomic mass is 35.5. The standard InChI is InChI=1S/C34H27ClFN3O2S/c1-19-16-23(20(2)38(19)24-11-15-29(36)28(35)18-24)17-30-33(40)39-32(22-8-12-25(41-3)13-9-22)27-14-10-21-6-4-5-7-26(21)31(27)37-34(39)42-30/h4-9,11-13,15-18,32H,10,14H2,1-3H3/b30-17-/t32-/m1/s1. The first-order chi connectivity index (χ1) is 20.3. The lowest BCUT2D eigenvalue weighted by Crippen LogP contribution is -2.38. The molecule has 8 heteroatoms. The molecular weight excluding hydrogens is 569 g/mol. The summed E-state index contributed by atoms with van der Waals surface area (Å²) in [5.41, 5.74) is 9.06. The Morgan fingerprint density at radius 1 is 1.05 bits per heavy atom. The van der Waals surface area contributed by atoms with Crippen molar-refractivity contribution < 1.29 is 9.13 Å². The van der Waals surface area contributed by atoms with E-state index >= 15 is 0 Å². The fourth-order valence-electron chi connectivity index (χ4n) is 6.21. The van der Waals surface area contributed by atoms with Crippen LogP contribution in [0.2, 0.25) is 5.02 Å². The Morgan fingerprint density at radius 2 is 1.83 bits per heavy atom. The summed E-state index contributed by atoms with van der Waals surface area (Å²) in [7, 11) is 1.65. The van der Waals surface area contributed by atoms with Gasteiger partial charge >= 0.3 is 0 Å². The molecule has 0 spiro atoms. The number of thiazole rings is 1. The molecule has 1 atom stereocenters. The van der Waals surface area contributed by atoms with Gasteiger partial charge in [0, 0.05) is 22.6 Å². The number of methoxy groups -OCH3 is 1. The zero-order valence-corrected chi connectivity index (χ0v) is 24.9. The Balaban J connectivity index is 1.42. The highest BCUT2D eigenvalue weighted by Crippen LogP contribution is 2.41. The van der Waals surface area contributed by atoms with E-state index in [0.717, 1.165) is 63.6 Å². The van der Waals surface area contributed by atoms with Gasteiger partial charge in [-0.2, -0.15) is 0 Å². The molecular formula is C34H27ClFN3O2S. The molecule has 2 aromatic heterocycles. The third-order valence-electron chi connectivity index (χ3n) is 8.22. The van der Waals surface area contributed by atoms with Crippen molar-refractivity contribution in [1.29, 1.82) is 0 Å². The van der Waals surface area contributed by atoms with Gasteiger partial charge in [-0.15, -0.1) is 0 Å². The molecule has 0 amide bonds. The molecule has 7 rings (SSSR count). The van der Waals surface area contributed by atoms with Crippen LogP contribution in [0.25, 0.3) is 17.5 Å². The highest BCUT2D eigenvalue weighted by molar-refractivity contribution is 7.07. The predicted molar refractivity (Wildman–Crippen MR) is 166 cm³/mol. The van der Waals surface area contributed by atoms with Crippen molar-refractivity contribution in [2.75, 3.05) is 7.11 Å². The van der Waals surface area contributed by atoms with E-state index in [0.29, 0.717) is 9.33 Å². The number of aromatic nitrogens is 2. The van der Waals surface area contributed by atoms with E-state index < -0.39 is 5.82 Å². The average Bonchev–Trinajstić information content (AvgIpc) is 3.46. The number of hydrogen-bond acceptors (Lipinski definition) is 4. The van der Waals surface area contributed by atoms with Crippen molar-refractivity contribution in [2.45, 2.75) is 32.7 Å². The fourth-order valence-corrected chi connectivity index (χ4v) is 7.37. The molecule has 0 N–H and O–H groups in total. The van der Waals surface area contributed by atoms with Crippen LogP contribution in [0, 0.1) is 19.7 Å². The van der Waals surface area contributed by atoms with Gasteiger partial charge in [0.05, 0.1) is 28.4 Å². The molecule has 0 saturated carbocycles. The second kappa shape index (κ2) is 10.3. The van der Waals surface area contributed by atoms with Crippen LogP contribution in [0.4, 0.5) is 4.39 Å². The van der Waals surface area contributed by atoms with Gasteiger partial charge in [-0.1, -0.05) is 59.3 Å². The number of nitrogens with zero attached hydrogens (tertiary/aromatic N) is 3. The summed E-state index contributed by atoms with van der Waals surface area (Å²) in [6, 6.07) is 22.8. The lowest BCUT2D eigenvalue weighted by atomic mass is 9.83. The van der Waals surface area contributed by atoms with Crippen LogP contribution in [0.3, 0.4) is 0 Å². The summed E-state index contributed by atoms with van der Waals surface area (Å²) < 4.78 is 23.7. The average molecular weight is 596 g/mol. The number of halogens is 2. The quantitative estimate of drug-likeness (QED) is 0.237. The number of fused-ring (bicyclic) bond motifs is 3. The Hall–Kier alpha value is -4.20. The molecule has 5 nitrogen and oxygen atoms in total. The fraction of sp³-hybridized carbons (Fsp3) is 0.176. The van der Waals surface area contributed by atoms with Crippen molar-refractivity contribution in [3.8, 4) is 11.4 Å². The Morgan fingerprint density at radius 3 is 2.60 bits per heavy atom. The zero-order chi connectivity index (χ0) is 29.1. The number of rotatable bonds is 4. The summed E-state index contributed by atoms with van der Waals surface area (Å²) >= 11 is 7.50. The van der Waals surface area contributed by atoms with Crippen LogP contribution in [-0.4, -0.2) is 16.2 Å². The van der Waals surface area contributed by atoms with E-state index in [4.69, 9.17) is 21.3 Å². The normalized spacial score (nSPS) is 16.1. The van der Waals surface area contributed by atoms with Crippen molar-refractivity contribution >= 4 is 34.7 Å². The SMILES string of the molecule is COc1ccc([C@@H]2C3=C(N=c4s/c(=C\c5cc(C)n(-c6ccc(F)c(Cl)c6)c5C)c(=O)n42)c2ccccc2CC3)cc1. The highest BCUT2D eigenvalue weighted by Gasteiger charge is 2.32. The first kappa shape index (κ1) is 26.7. The topological polar surface area (TPSA) is 48.5 Å². The summed E-state index contributed by atoms with van der Waals surface area (Å²) in [6.45, 7) is 3.97. The van der Waals surface area contributed by atoms with Crippen molar-refractivity contribution in [2.24, 2.45) is 4.99 Å². The molecule has 42 heavy (non-hydrogen) atoms. The maximum absolute atomic E-state index is 14.2. The van der Waals surface area contributed by atoms with E-state index in [2.05, 4.69) is 18.2 Å². The third-order valence-corrected chi connectivity index (χ3v) is 9.50. The number of ether oxygens (including phenoxy) is 1. The molecule has 5 aromatic rings. The van der Waals surface area contributed by atoms with Gasteiger partial charge in [-0.05, 0) is 91.4 Å². The number of hydrogen-bond donors (Lipinski definition) is 0. The largest absolute Gasteiger partial charge is 0.497 e. The van der Waals surface area contributed by atoms with Crippen molar-refractivity contribution in [3.63, 3.8) is 0 Å². The van der Waals surface area contributed by atoms with Crippen molar-refractivity contribution in [1.82, 2.24) is 9.13 Å². The summed E-state index contributed by atoms with van der Waals surface area (Å²) in [5, 5.41) is 0.0685. The lowest BCUT2D eigenvalue weighted by Gasteiger charge is -2.30. The predicted octanol–water partition coefficient (Wildman–Crippen LogP) is 6.53. The van der Waals surface area contributed by atoms with E-state index in [1.54, 1.807) is 19.2 Å². The minimum atomic E-state index is -0.457. The van der Waals surface area contributed by atoms with Gasteiger partial charge in [0.1, 0.15) is 11.6 Å². The van der Waals surface area contributed by atoms with Gasteiger partial charge in [0.25, 0.3) is 5.56 Å². The van der Waals surface area contributed by atoms with Crippen LogP contribution in [0.1, 0.15) is 46.1 Å². The molecule has 3 aromatic carbocycles. The smallest absolute Gasteiger partial charge is 0.271 e. The minimum absolute atomic E-state index is 0.0685. The molecule has 0 radical (unpaired) electrons. The Kier molecular flexibility index (Phi) is 6.52. The van der Waals surface area contributed by atoms with Crippen LogP contribution in [0.15, 0.2) is 88.2 Å². The maximum atomic E-state index is 14.2. The molecule has 3 heterocycles. The maximum Gasteiger partial charge on any atom is 0.271 e. The van der Waals surface area contributed by atoms with Gasteiger partial charge in [0.15, 0.2) is 4.80 Å². The summed E-state index contributed by atoms with van der Waals surface area (Å²) in [4.78, 5) is 20.0. The van der Waals surface area contributed by atoms with Gasteiger partial charge in [-0.3, -0.25) is 9.36 Å². The molecule has 0 bridgehead atoms. The van der Waals surface area contributed by atoms with Crippen LogP contribution >= 0.6 is 22.9 Å². The first-order valence-electron chi connectivity index (χ1n) is 13.8. The molecule has 210 valence electrons. The van der Waals surface area contributed by atoms with E-state index in [1.165, 1.54) is 23.0 Å². The molecule has 0 saturated heterocycles. The second-order valence-electron chi connectivity index (χ2n) is 10.6. The van der Waals surface area contributed by atoms with Crippen LogP contribution < -0.4 is 19.6 Å². The van der Waals surface area contributed by atoms with Gasteiger partial charge in [-0.25, -0.2) is 9.38 Å². The van der Waals surface area contributed by atoms with Crippen LogP contribution in [-0.2, 0) is 6.42 Å². The van der Waals surface area contributed by atoms with Crippen molar-refractivity contribution in [3.05, 3.63) is 143 Å². The van der Waals surface area contributed by atoms with E-state index in [1.807, 2.05) is 65.5 Å². The number of benzene rings is 3. The van der Waals surface area contributed by atoms with Gasteiger partial charge < -0.3 is 9.30 Å². The Labute approximate surface area is 251 Å². The number of aryl methyl sites for hydroxylation is 2. The molecule has 0 fully saturated rings. The van der Waals surface area contributed by atoms with E-state index in [-0.39, 0.29) is 16.6 Å². The zero-order valence-electron chi connectivity index (χ0n) is 23.3. The molecule has 1 aliphatic carbocycles. The first-order valence-corrected chi connectivity index (χ1v) is 14.9.